The summed E-state index contributed by atoms with van der Waals surface area (Å²) in [4.78, 5) is 0. The van der Waals surface area contributed by atoms with Gasteiger partial charge in [0.15, 0.2) is 9.84 Å². The van der Waals surface area contributed by atoms with E-state index >= 15 is 0 Å². The Morgan fingerprint density at radius 2 is 2.27 bits per heavy atom. The van der Waals surface area contributed by atoms with Gasteiger partial charge in [0.25, 0.3) is 0 Å². The molecule has 0 aromatic carbocycles. The molecular formula is C15H27N3O3S. The molecule has 0 bridgehead atoms. The Balaban J connectivity index is 2.03. The molecule has 1 fully saturated rings. The van der Waals surface area contributed by atoms with Gasteiger partial charge in [-0.1, -0.05) is 6.92 Å². The Morgan fingerprint density at radius 3 is 2.91 bits per heavy atom. The van der Waals surface area contributed by atoms with Crippen molar-refractivity contribution < 1.29 is 13.2 Å². The average molecular weight is 329 g/mol. The maximum absolute atomic E-state index is 11.8. The summed E-state index contributed by atoms with van der Waals surface area (Å²) in [6, 6.07) is 0.0469. The van der Waals surface area contributed by atoms with Crippen molar-refractivity contribution in [2.45, 2.75) is 58.3 Å². The van der Waals surface area contributed by atoms with Crippen LogP contribution in [0, 0.1) is 0 Å². The van der Waals surface area contributed by atoms with Crippen molar-refractivity contribution in [3.8, 4) is 0 Å². The first-order chi connectivity index (χ1) is 10.4. The second-order valence-electron chi connectivity index (χ2n) is 5.94. The lowest BCUT2D eigenvalue weighted by atomic mass is 9.97. The van der Waals surface area contributed by atoms with Crippen LogP contribution < -0.4 is 5.32 Å². The van der Waals surface area contributed by atoms with Gasteiger partial charge in [-0.2, -0.15) is 5.10 Å². The predicted molar refractivity (Wildman–Crippen MR) is 86.5 cm³/mol. The fourth-order valence-electron chi connectivity index (χ4n) is 2.89. The van der Waals surface area contributed by atoms with Crippen LogP contribution in [0.3, 0.4) is 0 Å². The molecule has 1 aromatic rings. The number of sulfone groups is 1. The van der Waals surface area contributed by atoms with Crippen LogP contribution in [0.5, 0.6) is 0 Å². The molecule has 3 atom stereocenters. The molecule has 1 aromatic heterocycles. The summed E-state index contributed by atoms with van der Waals surface area (Å²) in [7, 11) is -2.97. The van der Waals surface area contributed by atoms with E-state index in [-0.39, 0.29) is 29.7 Å². The van der Waals surface area contributed by atoms with Gasteiger partial charge in [0.1, 0.15) is 6.10 Å². The van der Waals surface area contributed by atoms with Gasteiger partial charge in [-0.15, -0.1) is 0 Å². The van der Waals surface area contributed by atoms with E-state index in [9.17, 15) is 8.42 Å². The van der Waals surface area contributed by atoms with Crippen LogP contribution >= 0.6 is 0 Å². The standard InChI is InChI=1S/C15H27N3O3S/c1-4-18-10-13(9-16-18)15-14(7-6-8-21-15)17-12(3)11-22(19,20)5-2/h9-10,12,14-15,17H,4-8,11H2,1-3H3/t12-,14+,15-/m1/s1. The Kier molecular flexibility index (Phi) is 6.00. The van der Waals surface area contributed by atoms with Crippen molar-refractivity contribution in [1.82, 2.24) is 15.1 Å². The normalized spacial score (nSPS) is 24.3. The highest BCUT2D eigenvalue weighted by Crippen LogP contribution is 2.28. The highest BCUT2D eigenvalue weighted by molar-refractivity contribution is 7.91. The van der Waals surface area contributed by atoms with Gasteiger partial charge in [0.05, 0.1) is 11.9 Å². The number of aryl methyl sites for hydroxylation is 1. The van der Waals surface area contributed by atoms with Gasteiger partial charge >= 0.3 is 0 Å². The molecule has 7 heteroatoms. The largest absolute Gasteiger partial charge is 0.372 e. The topological polar surface area (TPSA) is 73.2 Å². The molecule has 1 N–H and O–H groups in total. The van der Waals surface area contributed by atoms with Gasteiger partial charge in [-0.3, -0.25) is 4.68 Å². The molecule has 126 valence electrons. The first-order valence-electron chi connectivity index (χ1n) is 8.05. The van der Waals surface area contributed by atoms with E-state index in [0.29, 0.717) is 0 Å². The lowest BCUT2D eigenvalue weighted by Gasteiger charge is -2.34. The van der Waals surface area contributed by atoms with Gasteiger partial charge in [-0.25, -0.2) is 8.42 Å². The van der Waals surface area contributed by atoms with Crippen LogP contribution in [0.2, 0.25) is 0 Å². The molecule has 0 radical (unpaired) electrons. The molecule has 22 heavy (non-hydrogen) atoms. The lowest BCUT2D eigenvalue weighted by Crippen LogP contribution is -2.46. The monoisotopic (exact) mass is 329 g/mol. The zero-order valence-electron chi connectivity index (χ0n) is 13.7. The van der Waals surface area contributed by atoms with Crippen molar-refractivity contribution in [3.05, 3.63) is 18.0 Å². The van der Waals surface area contributed by atoms with Crippen LogP contribution in [-0.2, 0) is 21.1 Å². The molecule has 0 spiro atoms. The molecule has 0 amide bonds. The maximum atomic E-state index is 11.8. The first-order valence-corrected chi connectivity index (χ1v) is 9.87. The quantitative estimate of drug-likeness (QED) is 0.821. The van der Waals surface area contributed by atoms with Gasteiger partial charge in [-0.05, 0) is 26.7 Å². The number of aromatic nitrogens is 2. The van der Waals surface area contributed by atoms with Crippen LogP contribution in [0.1, 0.15) is 45.3 Å². The molecule has 2 heterocycles. The summed E-state index contributed by atoms with van der Waals surface area (Å²) in [6.07, 6.45) is 5.78. The van der Waals surface area contributed by atoms with E-state index in [1.807, 2.05) is 30.9 Å². The molecular weight excluding hydrogens is 302 g/mol. The van der Waals surface area contributed by atoms with Crippen molar-refractivity contribution in [3.63, 3.8) is 0 Å². The summed E-state index contributed by atoms with van der Waals surface area (Å²) in [5.41, 5.74) is 1.06. The Morgan fingerprint density at radius 1 is 1.50 bits per heavy atom. The second-order valence-corrected chi connectivity index (χ2v) is 8.33. The Labute approximate surface area is 133 Å². The summed E-state index contributed by atoms with van der Waals surface area (Å²) in [5.74, 6) is 0.355. The third-order valence-electron chi connectivity index (χ3n) is 4.07. The minimum atomic E-state index is -2.97. The van der Waals surface area contributed by atoms with Crippen molar-refractivity contribution in [1.29, 1.82) is 0 Å². The third kappa shape index (κ3) is 4.54. The number of nitrogens with one attached hydrogen (secondary N) is 1. The molecule has 6 nitrogen and oxygen atoms in total. The molecule has 1 aliphatic heterocycles. The summed E-state index contributed by atoms with van der Waals surface area (Å²) < 4.78 is 31.3. The number of nitrogens with zero attached hydrogens (tertiary/aromatic N) is 2. The number of hydrogen-bond acceptors (Lipinski definition) is 5. The van der Waals surface area contributed by atoms with E-state index in [4.69, 9.17) is 4.74 Å². The number of ether oxygens (including phenoxy) is 1. The van der Waals surface area contributed by atoms with E-state index in [1.165, 1.54) is 0 Å². The number of hydrogen-bond donors (Lipinski definition) is 1. The zero-order valence-corrected chi connectivity index (χ0v) is 14.5. The van der Waals surface area contributed by atoms with E-state index in [0.717, 1.165) is 31.6 Å². The van der Waals surface area contributed by atoms with Crippen LogP contribution in [0.25, 0.3) is 0 Å². The van der Waals surface area contributed by atoms with E-state index < -0.39 is 9.84 Å². The molecule has 0 unspecified atom stereocenters. The minimum absolute atomic E-state index is 0.0548. The summed E-state index contributed by atoms with van der Waals surface area (Å²) in [6.45, 7) is 7.23. The van der Waals surface area contributed by atoms with E-state index in [1.54, 1.807) is 6.92 Å². The highest BCUT2D eigenvalue weighted by Gasteiger charge is 2.30. The molecule has 1 aliphatic rings. The fraction of sp³-hybridized carbons (Fsp3) is 0.800. The van der Waals surface area contributed by atoms with Gasteiger partial charge in [0, 0.05) is 42.7 Å². The fourth-order valence-corrected chi connectivity index (χ4v) is 3.99. The number of rotatable bonds is 7. The van der Waals surface area contributed by atoms with Crippen LogP contribution in [0.15, 0.2) is 12.4 Å². The highest BCUT2D eigenvalue weighted by atomic mass is 32.2. The van der Waals surface area contributed by atoms with Gasteiger partial charge < -0.3 is 10.1 Å². The molecule has 2 rings (SSSR count). The van der Waals surface area contributed by atoms with Crippen LogP contribution in [0.4, 0.5) is 0 Å². The average Bonchev–Trinajstić information content (AvgIpc) is 2.96. The third-order valence-corrected chi connectivity index (χ3v) is 5.96. The first kappa shape index (κ1) is 17.4. The smallest absolute Gasteiger partial charge is 0.151 e. The molecule has 1 saturated heterocycles. The minimum Gasteiger partial charge on any atom is -0.372 e. The summed E-state index contributed by atoms with van der Waals surface area (Å²) in [5, 5.41) is 7.75. The van der Waals surface area contributed by atoms with Crippen molar-refractivity contribution >= 4 is 9.84 Å². The Bertz CT molecular complexity index is 570. The zero-order chi connectivity index (χ0) is 16.2. The molecule has 0 aliphatic carbocycles. The van der Waals surface area contributed by atoms with Crippen LogP contribution in [-0.4, -0.2) is 48.4 Å². The predicted octanol–water partition coefficient (Wildman–Crippen LogP) is 1.54. The van der Waals surface area contributed by atoms with Crippen molar-refractivity contribution in [2.75, 3.05) is 18.1 Å². The maximum Gasteiger partial charge on any atom is 0.151 e. The van der Waals surface area contributed by atoms with Crippen molar-refractivity contribution in [2.24, 2.45) is 0 Å². The second kappa shape index (κ2) is 7.57. The molecule has 0 saturated carbocycles. The Hall–Kier alpha value is -0.920. The van der Waals surface area contributed by atoms with Gasteiger partial charge in [0.2, 0.25) is 0 Å². The lowest BCUT2D eigenvalue weighted by molar-refractivity contribution is -0.0127. The van der Waals surface area contributed by atoms with E-state index in [2.05, 4.69) is 10.4 Å². The SMILES string of the molecule is CCn1cc([C@H]2OCCC[C@@H]2N[C@H](C)CS(=O)(=O)CC)cn1. The summed E-state index contributed by atoms with van der Waals surface area (Å²) >= 11 is 0.